The molecule has 2 aromatic carbocycles. The van der Waals surface area contributed by atoms with Crippen molar-refractivity contribution in [1.29, 1.82) is 0 Å². The van der Waals surface area contributed by atoms with Gasteiger partial charge in [-0.2, -0.15) is 0 Å². The van der Waals surface area contributed by atoms with E-state index in [1.807, 2.05) is 62.5 Å². The summed E-state index contributed by atoms with van der Waals surface area (Å²) in [4.78, 5) is 22.1. The molecule has 0 bridgehead atoms. The lowest BCUT2D eigenvalue weighted by Crippen LogP contribution is -2.59. The Balaban J connectivity index is 0.000000448. The Hall–Kier alpha value is -2.11. The van der Waals surface area contributed by atoms with Crippen molar-refractivity contribution >= 4 is 42.8 Å². The summed E-state index contributed by atoms with van der Waals surface area (Å²) in [6, 6.07) is 20.6. The molecule has 0 amide bonds. The Morgan fingerprint density at radius 2 is 1.10 bits per heavy atom. The number of alkyl halides is 1. The lowest BCUT2D eigenvalue weighted by atomic mass is 9.74. The maximum absolute atomic E-state index is 12.9. The van der Waals surface area contributed by atoms with Crippen LogP contribution in [-0.2, 0) is 35.5 Å². The van der Waals surface area contributed by atoms with Crippen molar-refractivity contribution < 1.29 is 21.6 Å². The summed E-state index contributed by atoms with van der Waals surface area (Å²) >= 11 is 4.64. The second kappa shape index (κ2) is 19.3. The number of halogens is 1. The normalized spacial score (nSPS) is 26.0. The van der Waals surface area contributed by atoms with E-state index in [0.29, 0.717) is 25.3 Å². The van der Waals surface area contributed by atoms with Crippen LogP contribution in [0.5, 0.6) is 0 Å². The first-order valence-electron chi connectivity index (χ1n) is 16.5. The summed E-state index contributed by atoms with van der Waals surface area (Å²) in [6.45, 7) is 10.1. The van der Waals surface area contributed by atoms with Crippen molar-refractivity contribution in [3.05, 3.63) is 71.8 Å². The minimum absolute atomic E-state index is 0. The second-order valence-corrected chi connectivity index (χ2v) is 17.2. The lowest BCUT2D eigenvalue weighted by Gasteiger charge is -2.51. The van der Waals surface area contributed by atoms with Crippen LogP contribution in [0.15, 0.2) is 65.7 Å². The predicted octanol–water partition coefficient (Wildman–Crippen LogP) is 6.77. The molecule has 2 saturated heterocycles. The quantitative estimate of drug-likeness (QED) is 0.249. The molecule has 2 heterocycles. The number of sulfone groups is 2. The smallest absolute Gasteiger partial charge is 0.157 e. The van der Waals surface area contributed by atoms with E-state index in [-0.39, 0.29) is 30.8 Å². The first-order valence-corrected chi connectivity index (χ1v) is 21.4. The van der Waals surface area contributed by atoms with E-state index in [1.165, 1.54) is 18.9 Å². The number of Topliss-reactive ketones (excluding diaryl/α,β-unsaturated/α-hetero) is 1. The minimum Gasteiger partial charge on any atom is -0.297 e. The molecule has 0 N–H and O–H groups in total. The highest BCUT2D eigenvalue weighted by atomic mass is 35.5. The number of nitrogens with zero attached hydrogens (tertiary/aromatic N) is 3. The van der Waals surface area contributed by atoms with Gasteiger partial charge in [-0.3, -0.25) is 19.6 Å². The van der Waals surface area contributed by atoms with E-state index in [9.17, 15) is 21.6 Å². The number of carbonyl (C=O) groups is 1. The third-order valence-electron chi connectivity index (χ3n) is 9.69. The molecule has 2 aliphatic heterocycles. The van der Waals surface area contributed by atoms with Crippen molar-refractivity contribution in [2.24, 2.45) is 4.99 Å². The summed E-state index contributed by atoms with van der Waals surface area (Å²) in [5.41, 5.74) is 1.95. The van der Waals surface area contributed by atoms with Crippen LogP contribution in [-0.4, -0.2) is 101 Å². The fraction of sp³-hybridized carbons (Fsp3) is 0.622. The summed E-state index contributed by atoms with van der Waals surface area (Å²) < 4.78 is 47.1. The van der Waals surface area contributed by atoms with Crippen molar-refractivity contribution in [2.45, 2.75) is 96.8 Å². The molecule has 0 radical (unpaired) electrons. The van der Waals surface area contributed by atoms with Gasteiger partial charge in [-0.15, -0.1) is 11.6 Å². The monoisotopic (exact) mass is 725 g/mol. The van der Waals surface area contributed by atoms with Gasteiger partial charge in [0, 0.05) is 50.2 Å². The molecule has 4 unspecified atom stereocenters. The molecule has 0 aromatic heterocycles. The molecule has 0 aliphatic carbocycles. The Morgan fingerprint density at radius 1 is 0.729 bits per heavy atom. The zero-order chi connectivity index (χ0) is 35.5. The molecule has 4 atom stereocenters. The van der Waals surface area contributed by atoms with Crippen LogP contribution in [0.4, 0.5) is 0 Å². The maximum Gasteiger partial charge on any atom is 0.157 e. The van der Waals surface area contributed by atoms with Gasteiger partial charge >= 0.3 is 0 Å². The van der Waals surface area contributed by atoms with Crippen molar-refractivity contribution in [3.63, 3.8) is 0 Å². The van der Waals surface area contributed by atoms with Crippen LogP contribution in [0.25, 0.3) is 0 Å². The SMILES string of the molecule is C.CCN1C(C)CCC(=NC)C1(CCS(C)(=O)=O)c1ccccc1.CCN1C(C)CCC(=O)C1(CCS(C)(=O)=O)c1ccccc1.CCl. The number of likely N-dealkylation sites (N-methyl/N-ethyl adjacent to an activating group) is 1. The second-order valence-electron chi connectivity index (χ2n) is 12.7. The molecule has 2 aromatic rings. The first-order chi connectivity index (χ1) is 22.2. The zero-order valence-corrected chi connectivity index (χ0v) is 32.0. The van der Waals surface area contributed by atoms with Crippen LogP contribution < -0.4 is 0 Å². The van der Waals surface area contributed by atoms with Gasteiger partial charge in [0.05, 0.1) is 17.0 Å². The molecule has 272 valence electrons. The number of hydrogen-bond acceptors (Lipinski definition) is 8. The Morgan fingerprint density at radius 3 is 1.50 bits per heavy atom. The van der Waals surface area contributed by atoms with Crippen molar-refractivity contribution in [1.82, 2.24) is 9.80 Å². The number of carbonyl (C=O) groups excluding carboxylic acids is 1. The number of rotatable bonds is 10. The molecule has 0 saturated carbocycles. The van der Waals surface area contributed by atoms with Crippen LogP contribution >= 0.6 is 11.6 Å². The van der Waals surface area contributed by atoms with Crippen LogP contribution in [0, 0.1) is 0 Å². The van der Waals surface area contributed by atoms with Crippen LogP contribution in [0.1, 0.15) is 84.8 Å². The van der Waals surface area contributed by atoms with Gasteiger partial charge in [0.2, 0.25) is 0 Å². The van der Waals surface area contributed by atoms with Gasteiger partial charge in [0.1, 0.15) is 25.2 Å². The molecule has 48 heavy (non-hydrogen) atoms. The summed E-state index contributed by atoms with van der Waals surface area (Å²) in [5.74, 6) is 0.336. The lowest BCUT2D eigenvalue weighted by molar-refractivity contribution is -0.139. The number of piperidine rings is 2. The topological polar surface area (TPSA) is 104 Å². The fourth-order valence-corrected chi connectivity index (χ4v) is 8.89. The zero-order valence-electron chi connectivity index (χ0n) is 29.6. The van der Waals surface area contributed by atoms with E-state index in [2.05, 4.69) is 59.3 Å². The van der Waals surface area contributed by atoms with Gasteiger partial charge in [0.15, 0.2) is 5.78 Å². The van der Waals surface area contributed by atoms with Gasteiger partial charge in [0.25, 0.3) is 0 Å². The third kappa shape index (κ3) is 10.5. The first kappa shape index (κ1) is 43.9. The molecular formula is C37H60ClN3O5S2. The highest BCUT2D eigenvalue weighted by molar-refractivity contribution is 7.90. The molecular weight excluding hydrogens is 666 g/mol. The summed E-state index contributed by atoms with van der Waals surface area (Å²) in [6.07, 6.45) is 8.24. The standard InChI is InChI=1S/C18H28N2O2S.C17H25NO3S.CH3Cl.CH4/c1-5-20-15(2)11-12-17(19-3)18(20,13-14-23(4,21)22)16-9-7-6-8-10-16;1-4-18-14(2)10-11-16(19)17(18,12-13-22(3,20)21)15-8-6-5-7-9-15;1-2;/h6-10,15H,5,11-14H2,1-4H3;5-9,14H,4,10-13H2,1-3H3;1H3;1H4. The highest BCUT2D eigenvalue weighted by Gasteiger charge is 2.49. The predicted molar refractivity (Wildman–Crippen MR) is 204 cm³/mol. The molecule has 8 nitrogen and oxygen atoms in total. The van der Waals surface area contributed by atoms with Gasteiger partial charge in [-0.05, 0) is 70.2 Å². The van der Waals surface area contributed by atoms with E-state index >= 15 is 0 Å². The minimum atomic E-state index is -3.12. The van der Waals surface area contributed by atoms with Gasteiger partial charge in [-0.25, -0.2) is 16.8 Å². The van der Waals surface area contributed by atoms with E-state index < -0.39 is 30.8 Å². The highest BCUT2D eigenvalue weighted by Crippen LogP contribution is 2.42. The van der Waals surface area contributed by atoms with E-state index in [1.54, 1.807) is 0 Å². The third-order valence-corrected chi connectivity index (χ3v) is 11.6. The van der Waals surface area contributed by atoms with Crippen LogP contribution in [0.3, 0.4) is 0 Å². The Kier molecular flexibility index (Phi) is 17.7. The average molecular weight is 726 g/mol. The Bertz CT molecular complexity index is 1520. The molecule has 11 heteroatoms. The van der Waals surface area contributed by atoms with E-state index in [4.69, 9.17) is 0 Å². The molecule has 2 aliphatic rings. The number of benzene rings is 2. The van der Waals surface area contributed by atoms with Gasteiger partial charge in [-0.1, -0.05) is 81.9 Å². The molecule has 2 fully saturated rings. The summed E-state index contributed by atoms with van der Waals surface area (Å²) in [7, 11) is -4.32. The van der Waals surface area contributed by atoms with Crippen molar-refractivity contribution in [3.8, 4) is 0 Å². The molecule has 4 rings (SSSR count). The number of likely N-dealkylation sites (tertiary alicyclic amines) is 2. The average Bonchev–Trinajstić information content (AvgIpc) is 3.05. The maximum atomic E-state index is 12.9. The number of ketones is 1. The number of aliphatic imine (C=N–C) groups is 1. The van der Waals surface area contributed by atoms with Gasteiger partial charge < -0.3 is 0 Å². The van der Waals surface area contributed by atoms with Crippen LogP contribution in [0.2, 0.25) is 0 Å². The number of hydrogen-bond donors (Lipinski definition) is 0. The Labute approximate surface area is 297 Å². The summed E-state index contributed by atoms with van der Waals surface area (Å²) in [5, 5.41) is 0. The molecule has 0 spiro atoms. The largest absolute Gasteiger partial charge is 0.297 e. The fourth-order valence-electron chi connectivity index (χ4n) is 7.56. The van der Waals surface area contributed by atoms with E-state index in [0.717, 1.165) is 49.2 Å². The van der Waals surface area contributed by atoms with Crippen molar-refractivity contribution in [2.75, 3.05) is 50.5 Å².